The molecule has 1 amide bonds. The van der Waals surface area contributed by atoms with Crippen molar-refractivity contribution in [2.24, 2.45) is 5.41 Å². The molecule has 0 aliphatic carbocycles. The highest BCUT2D eigenvalue weighted by molar-refractivity contribution is 6.33. The molecule has 0 aliphatic heterocycles. The minimum absolute atomic E-state index is 0.109. The molecule has 7 heteroatoms. The molecule has 0 aromatic carbocycles. The number of carboxylic acids is 1. The predicted molar refractivity (Wildman–Crippen MR) is 81.8 cm³/mol. The molecule has 0 spiro atoms. The average Bonchev–Trinajstić information content (AvgIpc) is 2.23. The Kier molecular flexibility index (Phi) is 5.98. The number of nitrogens with zero attached hydrogens (tertiary/aromatic N) is 1. The van der Waals surface area contributed by atoms with E-state index in [0.717, 1.165) is 0 Å². The van der Waals surface area contributed by atoms with E-state index in [9.17, 15) is 9.59 Å². The lowest BCUT2D eigenvalue weighted by atomic mass is 9.87. The maximum atomic E-state index is 12.2. The topological polar surface area (TPSA) is 79.3 Å². The Labute approximate surface area is 133 Å². The standard InChI is InChI=1S/C14H18Cl2N2O3/c1-14(2,3)7-9(6-12(19)20)17-13(21)8-4-10(15)18-11(16)5-8/h4-5,9H,6-7H2,1-3H3,(H,17,21)(H,19,20). The molecular formula is C14H18Cl2N2O3. The van der Waals surface area contributed by atoms with E-state index < -0.39 is 17.9 Å². The molecule has 1 atom stereocenters. The Bertz CT molecular complexity index is 521. The van der Waals surface area contributed by atoms with Gasteiger partial charge in [0, 0.05) is 11.6 Å². The van der Waals surface area contributed by atoms with Gasteiger partial charge in [-0.15, -0.1) is 0 Å². The van der Waals surface area contributed by atoms with Gasteiger partial charge in [0.1, 0.15) is 10.3 Å². The summed E-state index contributed by atoms with van der Waals surface area (Å²) in [6, 6.07) is 2.30. The Hall–Kier alpha value is -1.33. The summed E-state index contributed by atoms with van der Waals surface area (Å²) in [4.78, 5) is 26.9. The van der Waals surface area contributed by atoms with Gasteiger partial charge >= 0.3 is 5.97 Å². The maximum absolute atomic E-state index is 12.2. The van der Waals surface area contributed by atoms with Crippen molar-refractivity contribution in [3.63, 3.8) is 0 Å². The highest BCUT2D eigenvalue weighted by Crippen LogP contribution is 2.23. The van der Waals surface area contributed by atoms with Crippen molar-refractivity contribution in [2.75, 3.05) is 0 Å². The minimum atomic E-state index is -0.963. The van der Waals surface area contributed by atoms with Gasteiger partial charge in [0.05, 0.1) is 6.42 Å². The summed E-state index contributed by atoms with van der Waals surface area (Å²) in [6.45, 7) is 5.94. The highest BCUT2D eigenvalue weighted by Gasteiger charge is 2.23. The average molecular weight is 333 g/mol. The van der Waals surface area contributed by atoms with E-state index in [0.29, 0.717) is 6.42 Å². The van der Waals surface area contributed by atoms with Crippen molar-refractivity contribution in [1.29, 1.82) is 0 Å². The van der Waals surface area contributed by atoms with Crippen LogP contribution in [0, 0.1) is 5.41 Å². The second-order valence-corrected chi connectivity index (χ2v) is 6.81. The van der Waals surface area contributed by atoms with E-state index in [2.05, 4.69) is 10.3 Å². The monoisotopic (exact) mass is 332 g/mol. The number of aromatic nitrogens is 1. The van der Waals surface area contributed by atoms with E-state index >= 15 is 0 Å². The molecule has 21 heavy (non-hydrogen) atoms. The van der Waals surface area contributed by atoms with Gasteiger partial charge in [-0.2, -0.15) is 0 Å². The van der Waals surface area contributed by atoms with E-state index in [1.54, 1.807) is 0 Å². The van der Waals surface area contributed by atoms with E-state index in [1.807, 2.05) is 20.8 Å². The molecule has 0 aliphatic rings. The van der Waals surface area contributed by atoms with Crippen LogP contribution in [0.25, 0.3) is 0 Å². The SMILES string of the molecule is CC(C)(C)CC(CC(=O)O)NC(=O)c1cc(Cl)nc(Cl)c1. The highest BCUT2D eigenvalue weighted by atomic mass is 35.5. The van der Waals surface area contributed by atoms with Crippen LogP contribution in [0.15, 0.2) is 12.1 Å². The number of aliphatic carboxylic acids is 1. The number of rotatable bonds is 5. The molecule has 0 fully saturated rings. The Morgan fingerprint density at radius 3 is 2.24 bits per heavy atom. The molecule has 0 bridgehead atoms. The number of amides is 1. The molecule has 1 aromatic rings. The number of hydrogen-bond donors (Lipinski definition) is 2. The third kappa shape index (κ3) is 6.78. The van der Waals surface area contributed by atoms with Crippen molar-refractivity contribution >= 4 is 35.1 Å². The molecule has 116 valence electrons. The van der Waals surface area contributed by atoms with Crippen LogP contribution in [0.2, 0.25) is 10.3 Å². The van der Waals surface area contributed by atoms with Crippen molar-refractivity contribution in [3.8, 4) is 0 Å². The third-order valence-electron chi connectivity index (χ3n) is 2.64. The molecule has 1 aromatic heterocycles. The molecule has 0 radical (unpaired) electrons. The van der Waals surface area contributed by atoms with Crippen LogP contribution < -0.4 is 5.32 Å². The van der Waals surface area contributed by atoms with Gasteiger partial charge in [-0.1, -0.05) is 44.0 Å². The lowest BCUT2D eigenvalue weighted by Crippen LogP contribution is -2.39. The molecule has 0 saturated heterocycles. The van der Waals surface area contributed by atoms with Gasteiger partial charge < -0.3 is 10.4 Å². The van der Waals surface area contributed by atoms with Gasteiger partial charge in [0.25, 0.3) is 5.91 Å². The summed E-state index contributed by atoms with van der Waals surface area (Å²) in [6.07, 6.45) is 0.396. The summed E-state index contributed by atoms with van der Waals surface area (Å²) in [5, 5.41) is 11.9. The van der Waals surface area contributed by atoms with Crippen LogP contribution in [0.1, 0.15) is 44.0 Å². The van der Waals surface area contributed by atoms with Crippen LogP contribution in [0.4, 0.5) is 0 Å². The second-order valence-electron chi connectivity index (χ2n) is 6.03. The van der Waals surface area contributed by atoms with Gasteiger partial charge in [0.15, 0.2) is 0 Å². The number of halogens is 2. The molecule has 1 heterocycles. The Morgan fingerprint density at radius 2 is 1.81 bits per heavy atom. The van der Waals surface area contributed by atoms with Gasteiger partial charge in [-0.25, -0.2) is 4.98 Å². The van der Waals surface area contributed by atoms with Crippen molar-refractivity contribution in [2.45, 2.75) is 39.7 Å². The molecule has 0 saturated carbocycles. The second kappa shape index (κ2) is 7.09. The number of carbonyl (C=O) groups excluding carboxylic acids is 1. The number of nitrogens with one attached hydrogen (secondary N) is 1. The molecule has 5 nitrogen and oxygen atoms in total. The normalized spacial score (nSPS) is 12.8. The third-order valence-corrected chi connectivity index (χ3v) is 3.03. The van der Waals surface area contributed by atoms with Crippen LogP contribution >= 0.6 is 23.2 Å². The number of hydrogen-bond acceptors (Lipinski definition) is 3. The maximum Gasteiger partial charge on any atom is 0.305 e. The quantitative estimate of drug-likeness (QED) is 0.810. The zero-order chi connectivity index (χ0) is 16.2. The summed E-state index contributed by atoms with van der Waals surface area (Å²) in [5.41, 5.74) is 0.144. The van der Waals surface area contributed by atoms with Gasteiger partial charge in [0.2, 0.25) is 0 Å². The van der Waals surface area contributed by atoms with Crippen molar-refractivity contribution in [3.05, 3.63) is 28.0 Å². The zero-order valence-electron chi connectivity index (χ0n) is 12.1. The fraction of sp³-hybridized carbons (Fsp3) is 0.500. The van der Waals surface area contributed by atoms with Crippen LogP contribution in [-0.2, 0) is 4.79 Å². The Morgan fingerprint density at radius 1 is 1.29 bits per heavy atom. The fourth-order valence-electron chi connectivity index (χ4n) is 1.99. The largest absolute Gasteiger partial charge is 0.481 e. The summed E-state index contributed by atoms with van der Waals surface area (Å²) < 4.78 is 0. The Balaban J connectivity index is 2.86. The number of carboxylic acid groups (broad SMARTS) is 1. The van der Waals surface area contributed by atoms with Crippen LogP contribution in [0.5, 0.6) is 0 Å². The first-order valence-corrected chi connectivity index (χ1v) is 7.18. The number of carbonyl (C=O) groups is 2. The van der Waals surface area contributed by atoms with Crippen LogP contribution in [0.3, 0.4) is 0 Å². The minimum Gasteiger partial charge on any atom is -0.481 e. The van der Waals surface area contributed by atoms with Crippen molar-refractivity contribution < 1.29 is 14.7 Å². The van der Waals surface area contributed by atoms with Gasteiger partial charge in [-0.05, 0) is 24.0 Å². The van der Waals surface area contributed by atoms with Crippen LogP contribution in [-0.4, -0.2) is 28.0 Å². The van der Waals surface area contributed by atoms with Crippen molar-refractivity contribution in [1.82, 2.24) is 10.3 Å². The zero-order valence-corrected chi connectivity index (χ0v) is 13.6. The first-order valence-electron chi connectivity index (χ1n) is 6.42. The predicted octanol–water partition coefficient (Wildman–Crippen LogP) is 3.40. The first-order chi connectivity index (χ1) is 9.56. The fourth-order valence-corrected chi connectivity index (χ4v) is 2.45. The molecular weight excluding hydrogens is 315 g/mol. The summed E-state index contributed by atoms with van der Waals surface area (Å²) in [7, 11) is 0. The molecule has 1 rings (SSSR count). The lowest BCUT2D eigenvalue weighted by molar-refractivity contribution is -0.137. The summed E-state index contributed by atoms with van der Waals surface area (Å²) in [5.74, 6) is -1.38. The lowest BCUT2D eigenvalue weighted by Gasteiger charge is -2.25. The van der Waals surface area contributed by atoms with Gasteiger partial charge in [-0.3, -0.25) is 9.59 Å². The smallest absolute Gasteiger partial charge is 0.305 e. The molecule has 1 unspecified atom stereocenters. The number of pyridine rings is 1. The van der Waals surface area contributed by atoms with E-state index in [1.165, 1.54) is 12.1 Å². The van der Waals surface area contributed by atoms with E-state index in [-0.39, 0.29) is 27.7 Å². The van der Waals surface area contributed by atoms with E-state index in [4.69, 9.17) is 28.3 Å². The molecule has 2 N–H and O–H groups in total. The first kappa shape index (κ1) is 17.7. The summed E-state index contributed by atoms with van der Waals surface area (Å²) >= 11 is 11.5.